The molecule has 0 aliphatic heterocycles. The third-order valence-electron chi connectivity index (χ3n) is 7.55. The van der Waals surface area contributed by atoms with Crippen LogP contribution in [0.2, 0.25) is 0 Å². The largest absolute Gasteiger partial charge is 0.491 e. The fraction of sp³-hybridized carbons (Fsp3) is 0.474. The Morgan fingerprint density at radius 2 is 1.28 bits per heavy atom. The summed E-state index contributed by atoms with van der Waals surface area (Å²) in [6.07, 6.45) is 3.28. The highest BCUT2D eigenvalue weighted by Gasteiger charge is 2.22. The Bertz CT molecular complexity index is 1310. The van der Waals surface area contributed by atoms with Gasteiger partial charge in [-0.15, -0.1) is 0 Å². The molecule has 3 unspecified atom stereocenters. The maximum absolute atomic E-state index is 12.9. The summed E-state index contributed by atoms with van der Waals surface area (Å²) in [5.41, 5.74) is 3.04. The smallest absolute Gasteiger partial charge is 0.323 e. The maximum atomic E-state index is 12.9. The summed E-state index contributed by atoms with van der Waals surface area (Å²) >= 11 is 0. The summed E-state index contributed by atoms with van der Waals surface area (Å²) in [5.74, 6) is 0.457. The van der Waals surface area contributed by atoms with Gasteiger partial charge in [0.2, 0.25) is 0 Å². The van der Waals surface area contributed by atoms with Gasteiger partial charge in [-0.2, -0.15) is 0 Å². The molecule has 250 valence electrons. The molecule has 0 aliphatic carbocycles. The van der Waals surface area contributed by atoms with Gasteiger partial charge in [-0.05, 0) is 101 Å². The molecule has 4 atom stereocenters. The first-order valence-corrected chi connectivity index (χ1v) is 16.4. The minimum absolute atomic E-state index is 0.0170. The number of benzene rings is 3. The van der Waals surface area contributed by atoms with Gasteiger partial charge in [-0.25, -0.2) is 0 Å². The second-order valence-corrected chi connectivity index (χ2v) is 12.6. The van der Waals surface area contributed by atoms with Crippen LogP contribution in [-0.2, 0) is 33.8 Å². The topological polar surface area (TPSA) is 106 Å². The molecule has 8 nitrogen and oxygen atoms in total. The van der Waals surface area contributed by atoms with Crippen LogP contribution < -0.4 is 20.1 Å². The number of aryl methyl sites for hydroxylation is 1. The molecule has 0 aliphatic rings. The minimum atomic E-state index is -0.841. The van der Waals surface area contributed by atoms with Gasteiger partial charge < -0.3 is 30.0 Å². The number of carboxylic acids is 1. The van der Waals surface area contributed by atoms with Crippen molar-refractivity contribution >= 4 is 11.9 Å². The number of carbonyl (C=O) groups is 2. The molecule has 0 saturated carbocycles. The lowest BCUT2D eigenvalue weighted by Gasteiger charge is -2.22. The molecule has 0 amide bonds. The van der Waals surface area contributed by atoms with E-state index >= 15 is 0 Å². The van der Waals surface area contributed by atoms with Crippen molar-refractivity contribution in [2.75, 3.05) is 0 Å². The zero-order chi connectivity index (χ0) is 33.5. The number of ether oxygens (including phenoxy) is 3. The van der Waals surface area contributed by atoms with Gasteiger partial charge in [0, 0.05) is 12.1 Å². The van der Waals surface area contributed by atoms with Crippen LogP contribution in [0, 0.1) is 0 Å². The van der Waals surface area contributed by atoms with E-state index in [1.165, 1.54) is 0 Å². The van der Waals surface area contributed by atoms with Crippen molar-refractivity contribution in [2.45, 2.75) is 117 Å². The van der Waals surface area contributed by atoms with Crippen LogP contribution in [0.4, 0.5) is 0 Å². The quantitative estimate of drug-likeness (QED) is 0.118. The molecule has 8 heteroatoms. The molecule has 0 aromatic heterocycles. The van der Waals surface area contributed by atoms with Gasteiger partial charge in [-0.3, -0.25) is 9.59 Å². The molecule has 46 heavy (non-hydrogen) atoms. The first kappa shape index (κ1) is 36.6. The molecule has 0 saturated heterocycles. The van der Waals surface area contributed by atoms with Gasteiger partial charge >= 0.3 is 11.9 Å². The number of hydrogen-bond donors (Lipinski definition) is 3. The van der Waals surface area contributed by atoms with E-state index < -0.39 is 18.1 Å². The van der Waals surface area contributed by atoms with Crippen molar-refractivity contribution in [1.82, 2.24) is 10.6 Å². The van der Waals surface area contributed by atoms with E-state index in [-0.39, 0.29) is 36.9 Å². The van der Waals surface area contributed by atoms with E-state index in [2.05, 4.69) is 10.6 Å². The van der Waals surface area contributed by atoms with Crippen molar-refractivity contribution in [2.24, 2.45) is 0 Å². The molecule has 3 aromatic rings. The van der Waals surface area contributed by atoms with Crippen molar-refractivity contribution in [3.63, 3.8) is 0 Å². The monoisotopic (exact) mass is 632 g/mol. The third-order valence-corrected chi connectivity index (χ3v) is 7.55. The van der Waals surface area contributed by atoms with Crippen LogP contribution in [0.25, 0.3) is 0 Å². The lowest BCUT2D eigenvalue weighted by molar-refractivity contribution is -0.147. The van der Waals surface area contributed by atoms with Crippen molar-refractivity contribution < 1.29 is 28.9 Å². The number of hydrogen-bond acceptors (Lipinski definition) is 7. The highest BCUT2D eigenvalue weighted by molar-refractivity contribution is 5.76. The molecule has 0 radical (unpaired) electrons. The number of esters is 1. The summed E-state index contributed by atoms with van der Waals surface area (Å²) in [4.78, 5) is 24.8. The van der Waals surface area contributed by atoms with Gasteiger partial charge in [0.15, 0.2) is 0 Å². The van der Waals surface area contributed by atoms with Gasteiger partial charge in [0.05, 0.1) is 12.2 Å². The summed E-state index contributed by atoms with van der Waals surface area (Å²) in [6, 6.07) is 24.4. The van der Waals surface area contributed by atoms with E-state index in [0.29, 0.717) is 19.3 Å². The summed E-state index contributed by atoms with van der Waals surface area (Å²) < 4.78 is 17.4. The zero-order valence-corrected chi connectivity index (χ0v) is 28.2. The molecule has 0 bridgehead atoms. The molecular formula is C38H52N2O6. The lowest BCUT2D eigenvalue weighted by Crippen LogP contribution is -2.43. The normalized spacial score (nSPS) is 14.0. The Labute approximate surface area is 274 Å². The molecular weight excluding hydrogens is 580 g/mol. The van der Waals surface area contributed by atoms with Crippen molar-refractivity contribution in [3.8, 4) is 11.5 Å². The highest BCUT2D eigenvalue weighted by atomic mass is 16.5. The lowest BCUT2D eigenvalue weighted by atomic mass is 10.0. The van der Waals surface area contributed by atoms with Crippen LogP contribution in [0.1, 0.15) is 77.5 Å². The first-order valence-electron chi connectivity index (χ1n) is 16.4. The first-order chi connectivity index (χ1) is 22.0. The van der Waals surface area contributed by atoms with Crippen LogP contribution in [0.5, 0.6) is 11.5 Å². The number of carbonyl (C=O) groups excluding carboxylic acids is 1. The second-order valence-electron chi connectivity index (χ2n) is 12.6. The molecule has 0 spiro atoms. The Morgan fingerprint density at radius 3 is 1.87 bits per heavy atom. The second kappa shape index (κ2) is 18.9. The molecule has 0 heterocycles. The van der Waals surface area contributed by atoms with Crippen LogP contribution in [-0.4, -0.2) is 53.4 Å². The summed E-state index contributed by atoms with van der Waals surface area (Å²) in [7, 11) is 0. The molecule has 3 rings (SSSR count). The summed E-state index contributed by atoms with van der Waals surface area (Å²) in [6.45, 7) is 12.3. The predicted octanol–water partition coefficient (Wildman–Crippen LogP) is 6.74. The number of nitrogens with one attached hydrogen (secondary N) is 2. The number of rotatable bonds is 20. The maximum Gasteiger partial charge on any atom is 0.323 e. The third kappa shape index (κ3) is 13.6. The van der Waals surface area contributed by atoms with Gasteiger partial charge in [-0.1, -0.05) is 68.4 Å². The molecule has 0 fully saturated rings. The fourth-order valence-corrected chi connectivity index (χ4v) is 5.18. The van der Waals surface area contributed by atoms with Crippen LogP contribution in [0.3, 0.4) is 0 Å². The Balaban J connectivity index is 1.43. The number of carboxylic acid groups (broad SMARTS) is 1. The van der Waals surface area contributed by atoms with E-state index in [4.69, 9.17) is 14.2 Å². The van der Waals surface area contributed by atoms with Crippen molar-refractivity contribution in [1.29, 1.82) is 0 Å². The Morgan fingerprint density at radius 1 is 0.674 bits per heavy atom. The average molecular weight is 633 g/mol. The standard InChI is InChI=1S/C38H52N2O6/c1-26(2)39-36(38(43)44-25-32-10-8-7-9-11-32)24-31-16-21-34(22-17-31)46-29(6)13-12-28(5)40-35(37(41)42)23-18-30-14-19-33(20-15-30)45-27(3)4/h7-11,14-17,19-22,26-29,35-36,39-40H,12-13,18,23-25H2,1-6H3,(H,41,42)/t28?,29?,35-,36?/m0/s1. The average Bonchev–Trinajstić information content (AvgIpc) is 3.02. The van der Waals surface area contributed by atoms with E-state index in [9.17, 15) is 14.7 Å². The Kier molecular flexibility index (Phi) is 15.1. The zero-order valence-electron chi connectivity index (χ0n) is 28.2. The van der Waals surface area contributed by atoms with Crippen LogP contribution >= 0.6 is 0 Å². The van der Waals surface area contributed by atoms with Gasteiger partial charge in [0.1, 0.15) is 30.2 Å². The van der Waals surface area contributed by atoms with E-state index in [0.717, 1.165) is 41.0 Å². The molecule has 3 aromatic carbocycles. The minimum Gasteiger partial charge on any atom is -0.491 e. The van der Waals surface area contributed by atoms with Crippen LogP contribution in [0.15, 0.2) is 78.9 Å². The highest BCUT2D eigenvalue weighted by Crippen LogP contribution is 2.19. The van der Waals surface area contributed by atoms with Crippen molar-refractivity contribution in [3.05, 3.63) is 95.6 Å². The summed E-state index contributed by atoms with van der Waals surface area (Å²) in [5, 5.41) is 16.4. The predicted molar refractivity (Wildman–Crippen MR) is 182 cm³/mol. The SMILES string of the molecule is CC(C)NC(Cc1ccc(OC(C)CCC(C)N[C@@H](CCc2ccc(OC(C)C)cc2)C(=O)O)cc1)C(=O)OCc1ccccc1. The molecule has 3 N–H and O–H groups in total. The van der Waals surface area contributed by atoms with E-state index in [1.807, 2.05) is 120 Å². The Hall–Kier alpha value is -3.88. The number of aliphatic carboxylic acids is 1. The fourth-order valence-electron chi connectivity index (χ4n) is 5.18. The van der Waals surface area contributed by atoms with Gasteiger partial charge in [0.25, 0.3) is 0 Å². The van der Waals surface area contributed by atoms with E-state index in [1.54, 1.807) is 0 Å².